The van der Waals surface area contributed by atoms with Gasteiger partial charge in [-0.1, -0.05) is 89.8 Å². The minimum Gasteiger partial charge on any atom is -0.426 e. The smallest absolute Gasteiger partial charge is 0.311 e. The summed E-state index contributed by atoms with van der Waals surface area (Å²) in [6.07, 6.45) is 6.64. The van der Waals surface area contributed by atoms with E-state index in [1.807, 2.05) is 48.5 Å². The number of unbranched alkanes of at least 4 members (excludes halogenated alkanes) is 5. The van der Waals surface area contributed by atoms with Gasteiger partial charge < -0.3 is 9.47 Å². The molecule has 0 fully saturated rings. The van der Waals surface area contributed by atoms with Crippen molar-refractivity contribution in [1.82, 2.24) is 0 Å². The third kappa shape index (κ3) is 8.86. The van der Waals surface area contributed by atoms with Crippen LogP contribution < -0.4 is 9.47 Å². The Labute approximate surface area is 193 Å². The Kier molecular flexibility index (Phi) is 11.0. The fourth-order valence-corrected chi connectivity index (χ4v) is 3.69. The lowest BCUT2D eigenvalue weighted by atomic mass is 10.0. The van der Waals surface area contributed by atoms with Crippen molar-refractivity contribution < 1.29 is 19.1 Å². The molecule has 4 nitrogen and oxygen atoms in total. The average Bonchev–Trinajstić information content (AvgIpc) is 2.76. The van der Waals surface area contributed by atoms with Crippen LogP contribution in [0.15, 0.2) is 48.5 Å². The molecule has 2 rings (SSSR count). The van der Waals surface area contributed by atoms with Gasteiger partial charge in [0, 0.05) is 12.8 Å². The minimum atomic E-state index is -0.164. The van der Waals surface area contributed by atoms with Crippen LogP contribution in [0.2, 0.25) is 0 Å². The van der Waals surface area contributed by atoms with E-state index in [1.54, 1.807) is 0 Å². The molecule has 0 N–H and O–H groups in total. The molecule has 0 bridgehead atoms. The monoisotopic (exact) mass is 438 g/mol. The fraction of sp³-hybridized carbons (Fsp3) is 0.500. The third-order valence-electron chi connectivity index (χ3n) is 5.54. The van der Waals surface area contributed by atoms with Crippen molar-refractivity contribution >= 4 is 11.9 Å². The summed E-state index contributed by atoms with van der Waals surface area (Å²) in [5.41, 5.74) is 2.12. The van der Waals surface area contributed by atoms with Crippen molar-refractivity contribution in [2.75, 3.05) is 0 Å². The minimum absolute atomic E-state index is 0.164. The fourth-order valence-electron chi connectivity index (χ4n) is 3.69. The first-order valence-corrected chi connectivity index (χ1v) is 12.0. The van der Waals surface area contributed by atoms with E-state index >= 15 is 0 Å². The van der Waals surface area contributed by atoms with Gasteiger partial charge in [-0.15, -0.1) is 0 Å². The molecule has 0 aliphatic heterocycles. The second-order valence-corrected chi connectivity index (χ2v) is 8.95. The highest BCUT2D eigenvalue weighted by Gasteiger charge is 2.12. The van der Waals surface area contributed by atoms with Gasteiger partial charge in [-0.2, -0.15) is 0 Å². The van der Waals surface area contributed by atoms with Crippen LogP contribution in [0, 0.1) is 0 Å². The summed E-state index contributed by atoms with van der Waals surface area (Å²) >= 11 is 0. The van der Waals surface area contributed by atoms with Gasteiger partial charge in [0.05, 0.1) is 0 Å². The van der Waals surface area contributed by atoms with E-state index in [9.17, 15) is 9.59 Å². The van der Waals surface area contributed by atoms with Crippen LogP contribution in [0.1, 0.15) is 102 Å². The van der Waals surface area contributed by atoms with Gasteiger partial charge in [0.1, 0.15) is 11.5 Å². The third-order valence-corrected chi connectivity index (χ3v) is 5.54. The Morgan fingerprint density at radius 2 is 0.938 bits per heavy atom. The first-order valence-electron chi connectivity index (χ1n) is 12.0. The van der Waals surface area contributed by atoms with Crippen LogP contribution in [0.3, 0.4) is 0 Å². The van der Waals surface area contributed by atoms with Crippen LogP contribution in [-0.2, 0) is 9.59 Å². The van der Waals surface area contributed by atoms with E-state index in [0.29, 0.717) is 36.2 Å². The summed E-state index contributed by atoms with van der Waals surface area (Å²) in [6, 6.07) is 15.5. The summed E-state index contributed by atoms with van der Waals surface area (Å²) in [5, 5.41) is 0. The van der Waals surface area contributed by atoms with Gasteiger partial charge in [0.2, 0.25) is 0 Å². The van der Waals surface area contributed by atoms with Crippen molar-refractivity contribution in [1.29, 1.82) is 0 Å². The van der Waals surface area contributed by atoms with Crippen LogP contribution in [0.4, 0.5) is 0 Å². The van der Waals surface area contributed by atoms with E-state index in [-0.39, 0.29) is 11.9 Å². The normalized spacial score (nSPS) is 11.1. The van der Waals surface area contributed by atoms with Crippen LogP contribution in [0.5, 0.6) is 11.5 Å². The van der Waals surface area contributed by atoms with Crippen molar-refractivity contribution in [2.45, 2.75) is 90.9 Å². The SMILES string of the molecule is CC(C)c1ccccc1OC(=O)CCCCCCCCC(=O)Oc1ccccc1C(C)C. The first-order chi connectivity index (χ1) is 15.4. The predicted molar refractivity (Wildman–Crippen MR) is 129 cm³/mol. The summed E-state index contributed by atoms with van der Waals surface area (Å²) in [5.74, 6) is 1.67. The summed E-state index contributed by atoms with van der Waals surface area (Å²) in [4.78, 5) is 24.3. The summed E-state index contributed by atoms with van der Waals surface area (Å²) < 4.78 is 11.1. The molecule has 2 aromatic rings. The molecule has 174 valence electrons. The van der Waals surface area contributed by atoms with E-state index < -0.39 is 0 Å². The van der Waals surface area contributed by atoms with Gasteiger partial charge in [0.15, 0.2) is 0 Å². The molecular formula is C28H38O4. The van der Waals surface area contributed by atoms with Crippen LogP contribution in [0.25, 0.3) is 0 Å². The average molecular weight is 439 g/mol. The molecular weight excluding hydrogens is 400 g/mol. The maximum atomic E-state index is 12.1. The highest BCUT2D eigenvalue weighted by Crippen LogP contribution is 2.27. The highest BCUT2D eigenvalue weighted by molar-refractivity contribution is 5.73. The van der Waals surface area contributed by atoms with Crippen LogP contribution >= 0.6 is 0 Å². The number of rotatable bonds is 13. The molecule has 0 aliphatic carbocycles. The van der Waals surface area contributed by atoms with Gasteiger partial charge in [0.25, 0.3) is 0 Å². The topological polar surface area (TPSA) is 52.6 Å². The molecule has 0 amide bonds. The summed E-state index contributed by atoms with van der Waals surface area (Å²) in [7, 11) is 0. The number of carbonyl (C=O) groups excluding carboxylic acids is 2. The second-order valence-electron chi connectivity index (χ2n) is 8.95. The zero-order chi connectivity index (χ0) is 23.3. The zero-order valence-electron chi connectivity index (χ0n) is 20.1. The molecule has 0 heterocycles. The molecule has 0 radical (unpaired) electrons. The van der Waals surface area contributed by atoms with Crippen molar-refractivity contribution in [3.05, 3.63) is 59.7 Å². The molecule has 0 spiro atoms. The second kappa shape index (κ2) is 13.7. The molecule has 32 heavy (non-hydrogen) atoms. The number of ether oxygens (including phenoxy) is 2. The number of para-hydroxylation sites is 2. The van der Waals surface area contributed by atoms with Crippen molar-refractivity contribution in [3.63, 3.8) is 0 Å². The maximum absolute atomic E-state index is 12.1. The number of hydrogen-bond donors (Lipinski definition) is 0. The Hall–Kier alpha value is -2.62. The molecule has 0 aromatic heterocycles. The zero-order valence-corrected chi connectivity index (χ0v) is 20.1. The Morgan fingerprint density at radius 1 is 0.594 bits per heavy atom. The lowest BCUT2D eigenvalue weighted by Gasteiger charge is -2.12. The van der Waals surface area contributed by atoms with Crippen molar-refractivity contribution in [2.24, 2.45) is 0 Å². The molecule has 2 aromatic carbocycles. The highest BCUT2D eigenvalue weighted by atomic mass is 16.5. The van der Waals surface area contributed by atoms with Crippen molar-refractivity contribution in [3.8, 4) is 11.5 Å². The largest absolute Gasteiger partial charge is 0.426 e. The van der Waals surface area contributed by atoms with Gasteiger partial charge in [-0.3, -0.25) is 9.59 Å². The van der Waals surface area contributed by atoms with Gasteiger partial charge in [-0.05, 0) is 47.9 Å². The van der Waals surface area contributed by atoms with E-state index in [4.69, 9.17) is 9.47 Å². The summed E-state index contributed by atoms with van der Waals surface area (Å²) in [6.45, 7) is 8.38. The first kappa shape index (κ1) is 25.6. The molecule has 0 saturated heterocycles. The Balaban J connectivity index is 1.55. The quantitative estimate of drug-likeness (QED) is 0.184. The lowest BCUT2D eigenvalue weighted by molar-refractivity contribution is -0.135. The van der Waals surface area contributed by atoms with Crippen LogP contribution in [-0.4, -0.2) is 11.9 Å². The molecule has 0 atom stereocenters. The molecule has 0 unspecified atom stereocenters. The van der Waals surface area contributed by atoms with E-state index in [1.165, 1.54) is 0 Å². The Morgan fingerprint density at radius 3 is 1.31 bits per heavy atom. The van der Waals surface area contributed by atoms with Gasteiger partial charge >= 0.3 is 11.9 Å². The molecule has 0 saturated carbocycles. The number of carbonyl (C=O) groups is 2. The number of benzene rings is 2. The molecule has 0 aliphatic rings. The van der Waals surface area contributed by atoms with E-state index in [2.05, 4.69) is 27.7 Å². The standard InChI is InChI=1S/C28H38O4/c1-21(2)23-15-11-13-17-25(23)31-27(29)19-9-7-5-6-8-10-20-28(30)32-26-18-14-12-16-24(26)22(3)4/h11-18,21-22H,5-10,19-20H2,1-4H3. The lowest BCUT2D eigenvalue weighted by Crippen LogP contribution is -2.09. The maximum Gasteiger partial charge on any atom is 0.311 e. The Bertz CT molecular complexity index is 783. The van der Waals surface area contributed by atoms with Gasteiger partial charge in [-0.25, -0.2) is 0 Å². The molecule has 4 heteroatoms. The number of hydrogen-bond acceptors (Lipinski definition) is 4. The predicted octanol–water partition coefficient (Wildman–Crippen LogP) is 7.57. The number of esters is 2. The van der Waals surface area contributed by atoms with E-state index in [0.717, 1.165) is 49.7 Å².